The van der Waals surface area contributed by atoms with Crippen molar-refractivity contribution in [2.45, 2.75) is 13.8 Å². The first-order chi connectivity index (χ1) is 7.08. The second-order valence-corrected chi connectivity index (χ2v) is 3.78. The molecule has 0 aliphatic heterocycles. The van der Waals surface area contributed by atoms with Crippen LogP contribution in [0.5, 0.6) is 0 Å². The Balaban J connectivity index is 2.59. The van der Waals surface area contributed by atoms with Crippen LogP contribution in [-0.4, -0.2) is 9.78 Å². The Labute approximate surface area is 88.4 Å². The van der Waals surface area contributed by atoms with E-state index < -0.39 is 0 Å². The van der Waals surface area contributed by atoms with E-state index in [0.717, 1.165) is 17.0 Å². The molecule has 0 radical (unpaired) electrons. The maximum absolute atomic E-state index is 13.7. The van der Waals surface area contributed by atoms with Crippen LogP contribution in [0.3, 0.4) is 0 Å². The Bertz CT molecular complexity index is 500. The van der Waals surface area contributed by atoms with Gasteiger partial charge in [0.1, 0.15) is 5.82 Å². The van der Waals surface area contributed by atoms with E-state index in [1.165, 1.54) is 6.07 Å². The molecule has 0 bridgehead atoms. The number of hydrogen-bond donors (Lipinski definition) is 0. The molecule has 1 aromatic carbocycles. The van der Waals surface area contributed by atoms with Gasteiger partial charge in [-0.1, -0.05) is 6.07 Å². The molecule has 2 rings (SSSR count). The first-order valence-electron chi connectivity index (χ1n) is 4.85. The van der Waals surface area contributed by atoms with Crippen molar-refractivity contribution in [3.63, 3.8) is 0 Å². The molecule has 0 amide bonds. The van der Waals surface area contributed by atoms with E-state index in [2.05, 4.69) is 5.10 Å². The molecule has 78 valence electrons. The number of aromatic nitrogens is 2. The van der Waals surface area contributed by atoms with Gasteiger partial charge >= 0.3 is 0 Å². The summed E-state index contributed by atoms with van der Waals surface area (Å²) in [6, 6.07) is 7.12. The van der Waals surface area contributed by atoms with E-state index in [1.807, 2.05) is 33.0 Å². The summed E-state index contributed by atoms with van der Waals surface area (Å²) in [4.78, 5) is 0. The molecule has 2 nitrogen and oxygen atoms in total. The number of rotatable bonds is 1. The van der Waals surface area contributed by atoms with E-state index >= 15 is 0 Å². The maximum Gasteiger partial charge on any atom is 0.132 e. The topological polar surface area (TPSA) is 17.8 Å². The molecule has 0 atom stereocenters. The van der Waals surface area contributed by atoms with E-state index in [4.69, 9.17) is 0 Å². The van der Waals surface area contributed by atoms with Crippen LogP contribution in [-0.2, 0) is 7.05 Å². The lowest BCUT2D eigenvalue weighted by atomic mass is 10.1. The Hall–Kier alpha value is -1.64. The van der Waals surface area contributed by atoms with Crippen LogP contribution < -0.4 is 0 Å². The summed E-state index contributed by atoms with van der Waals surface area (Å²) < 4.78 is 15.4. The number of nitrogens with zero attached hydrogens (tertiary/aromatic N) is 2. The zero-order valence-electron chi connectivity index (χ0n) is 9.08. The molecule has 0 aliphatic rings. The van der Waals surface area contributed by atoms with Crippen molar-refractivity contribution in [3.05, 3.63) is 41.3 Å². The molecule has 1 aromatic heterocycles. The second-order valence-electron chi connectivity index (χ2n) is 3.78. The quantitative estimate of drug-likeness (QED) is 0.698. The van der Waals surface area contributed by atoms with Gasteiger partial charge in [0.2, 0.25) is 0 Å². The summed E-state index contributed by atoms with van der Waals surface area (Å²) in [5.41, 5.74) is 3.23. The van der Waals surface area contributed by atoms with Crippen LogP contribution in [0.15, 0.2) is 24.3 Å². The van der Waals surface area contributed by atoms with E-state index in [1.54, 1.807) is 10.7 Å². The Kier molecular flexibility index (Phi) is 2.31. The van der Waals surface area contributed by atoms with Gasteiger partial charge < -0.3 is 0 Å². The SMILES string of the molecule is Cc1ccc(-c2cc(C)nn2C)c(F)c1. The van der Waals surface area contributed by atoms with Gasteiger partial charge in [-0.2, -0.15) is 5.10 Å². The molecule has 0 saturated heterocycles. The molecule has 2 aromatic rings. The number of aryl methyl sites for hydroxylation is 3. The molecule has 0 aliphatic carbocycles. The summed E-state index contributed by atoms with van der Waals surface area (Å²) >= 11 is 0. The molecule has 0 saturated carbocycles. The summed E-state index contributed by atoms with van der Waals surface area (Å²) in [6.07, 6.45) is 0. The van der Waals surface area contributed by atoms with Crippen molar-refractivity contribution in [2.75, 3.05) is 0 Å². The van der Waals surface area contributed by atoms with Gasteiger partial charge in [0.15, 0.2) is 0 Å². The molecule has 0 unspecified atom stereocenters. The fourth-order valence-electron chi connectivity index (χ4n) is 1.69. The normalized spacial score (nSPS) is 10.7. The third-order valence-corrected chi connectivity index (χ3v) is 2.40. The number of benzene rings is 1. The van der Waals surface area contributed by atoms with Crippen LogP contribution in [0.2, 0.25) is 0 Å². The molecule has 15 heavy (non-hydrogen) atoms. The maximum atomic E-state index is 13.7. The van der Waals surface area contributed by atoms with Crippen LogP contribution in [0.1, 0.15) is 11.3 Å². The van der Waals surface area contributed by atoms with Gasteiger partial charge in [0.05, 0.1) is 11.4 Å². The van der Waals surface area contributed by atoms with Gasteiger partial charge in [-0.05, 0) is 37.6 Å². The largest absolute Gasteiger partial charge is 0.268 e. The molecule has 1 heterocycles. The molecule has 0 spiro atoms. The lowest BCUT2D eigenvalue weighted by Crippen LogP contribution is -1.95. The zero-order valence-corrected chi connectivity index (χ0v) is 9.08. The minimum atomic E-state index is -0.196. The minimum Gasteiger partial charge on any atom is -0.268 e. The molecule has 3 heteroatoms. The van der Waals surface area contributed by atoms with Gasteiger partial charge in [-0.15, -0.1) is 0 Å². The van der Waals surface area contributed by atoms with Crippen LogP contribution in [0.25, 0.3) is 11.3 Å². The van der Waals surface area contributed by atoms with E-state index in [0.29, 0.717) is 5.56 Å². The van der Waals surface area contributed by atoms with Crippen molar-refractivity contribution in [2.24, 2.45) is 7.05 Å². The minimum absolute atomic E-state index is 0.196. The summed E-state index contributed by atoms with van der Waals surface area (Å²) in [5.74, 6) is -0.196. The second kappa shape index (κ2) is 3.50. The first-order valence-corrected chi connectivity index (χ1v) is 4.85. The van der Waals surface area contributed by atoms with Crippen molar-refractivity contribution in [1.82, 2.24) is 9.78 Å². The highest BCUT2D eigenvalue weighted by Crippen LogP contribution is 2.23. The highest BCUT2D eigenvalue weighted by Gasteiger charge is 2.09. The summed E-state index contributed by atoms with van der Waals surface area (Å²) in [7, 11) is 1.82. The Morgan fingerprint density at radius 3 is 2.47 bits per heavy atom. The lowest BCUT2D eigenvalue weighted by Gasteiger charge is -2.04. The average Bonchev–Trinajstić information content (AvgIpc) is 2.45. The monoisotopic (exact) mass is 204 g/mol. The predicted molar refractivity (Wildman–Crippen MR) is 58.1 cm³/mol. The summed E-state index contributed by atoms with van der Waals surface area (Å²) in [6.45, 7) is 3.77. The zero-order chi connectivity index (χ0) is 11.0. The van der Waals surface area contributed by atoms with Crippen molar-refractivity contribution in [1.29, 1.82) is 0 Å². The third kappa shape index (κ3) is 1.77. The van der Waals surface area contributed by atoms with Crippen molar-refractivity contribution >= 4 is 0 Å². The summed E-state index contributed by atoms with van der Waals surface area (Å²) in [5, 5.41) is 4.20. The van der Waals surface area contributed by atoms with Crippen molar-refractivity contribution < 1.29 is 4.39 Å². The van der Waals surface area contributed by atoms with Gasteiger partial charge in [0.25, 0.3) is 0 Å². The lowest BCUT2D eigenvalue weighted by molar-refractivity contribution is 0.627. The molecular weight excluding hydrogens is 191 g/mol. The predicted octanol–water partition coefficient (Wildman–Crippen LogP) is 2.84. The van der Waals surface area contributed by atoms with Crippen LogP contribution in [0, 0.1) is 19.7 Å². The number of hydrogen-bond acceptors (Lipinski definition) is 1. The number of halogens is 1. The van der Waals surface area contributed by atoms with Crippen molar-refractivity contribution in [3.8, 4) is 11.3 Å². The average molecular weight is 204 g/mol. The molecule has 0 N–H and O–H groups in total. The highest BCUT2D eigenvalue weighted by atomic mass is 19.1. The van der Waals surface area contributed by atoms with E-state index in [-0.39, 0.29) is 5.82 Å². The fourth-order valence-corrected chi connectivity index (χ4v) is 1.69. The highest BCUT2D eigenvalue weighted by molar-refractivity contribution is 5.61. The van der Waals surface area contributed by atoms with Gasteiger partial charge in [-0.25, -0.2) is 4.39 Å². The molecule has 0 fully saturated rings. The first kappa shape index (κ1) is 9.90. The molecular formula is C12H13FN2. The van der Waals surface area contributed by atoms with Gasteiger partial charge in [-0.3, -0.25) is 4.68 Å². The van der Waals surface area contributed by atoms with Crippen LogP contribution >= 0.6 is 0 Å². The Morgan fingerprint density at radius 1 is 1.20 bits per heavy atom. The van der Waals surface area contributed by atoms with E-state index in [9.17, 15) is 4.39 Å². The van der Waals surface area contributed by atoms with Crippen LogP contribution in [0.4, 0.5) is 4.39 Å². The van der Waals surface area contributed by atoms with Gasteiger partial charge in [0, 0.05) is 12.6 Å². The smallest absolute Gasteiger partial charge is 0.132 e. The third-order valence-electron chi connectivity index (χ3n) is 2.40. The Morgan fingerprint density at radius 2 is 1.93 bits per heavy atom. The standard InChI is InChI=1S/C12H13FN2/c1-8-4-5-10(11(13)6-8)12-7-9(2)14-15(12)3/h4-7H,1-3H3. The fraction of sp³-hybridized carbons (Fsp3) is 0.250.